The maximum Gasteiger partial charge on any atom is 0.255 e. The molecule has 2 aliphatic heterocycles. The fraction of sp³-hybridized carbons (Fsp3) is 0.543. The van der Waals surface area contributed by atoms with Gasteiger partial charge in [-0.15, -0.1) is 0 Å². The largest absolute Gasteiger partial charge is 0.353 e. The van der Waals surface area contributed by atoms with E-state index in [1.165, 1.54) is 31.4 Å². The van der Waals surface area contributed by atoms with Crippen molar-refractivity contribution in [3.8, 4) is 11.3 Å². The zero-order valence-electron chi connectivity index (χ0n) is 27.1. The van der Waals surface area contributed by atoms with Crippen LogP contribution in [0.3, 0.4) is 0 Å². The first kappa shape index (κ1) is 31.7. The molecule has 1 atom stereocenters. The fourth-order valence-electron chi connectivity index (χ4n) is 6.71. The molecule has 3 fully saturated rings. The van der Waals surface area contributed by atoms with Crippen LogP contribution in [-0.4, -0.2) is 77.6 Å². The van der Waals surface area contributed by atoms with Crippen LogP contribution in [0.25, 0.3) is 11.3 Å². The molecule has 3 aromatic rings. The Morgan fingerprint density at radius 3 is 2.20 bits per heavy atom. The summed E-state index contributed by atoms with van der Waals surface area (Å²) in [4.78, 5) is 36.7. The van der Waals surface area contributed by atoms with Crippen LogP contribution < -0.4 is 14.7 Å². The monoisotopic (exact) mass is 601 g/mol. The predicted octanol–water partition coefficient (Wildman–Crippen LogP) is 6.73. The Morgan fingerprint density at radius 2 is 1.57 bits per heavy atom. The Hall–Kier alpha value is -3.75. The molecule has 1 aromatic carbocycles. The van der Waals surface area contributed by atoms with Crippen LogP contribution in [0.2, 0.25) is 0 Å². The second-order valence-corrected chi connectivity index (χ2v) is 12.1. The number of benzene rings is 1. The summed E-state index contributed by atoms with van der Waals surface area (Å²) in [5.41, 5.74) is 3.39. The number of hydrogen-bond donors (Lipinski definition) is 0. The van der Waals surface area contributed by atoms with E-state index in [1.54, 1.807) is 18.3 Å². The van der Waals surface area contributed by atoms with E-state index < -0.39 is 0 Å². The van der Waals surface area contributed by atoms with Gasteiger partial charge in [0, 0.05) is 69.7 Å². The maximum atomic E-state index is 13.7. The fourth-order valence-corrected chi connectivity index (χ4v) is 6.71. The first-order chi connectivity index (χ1) is 21.4. The molecular formula is C35H48FN7O. The third-order valence-electron chi connectivity index (χ3n) is 9.29. The lowest BCUT2D eigenvalue weighted by Gasteiger charge is -2.37. The Bertz CT molecular complexity index is 1400. The van der Waals surface area contributed by atoms with Crippen LogP contribution in [0, 0.1) is 12.7 Å². The van der Waals surface area contributed by atoms with Crippen molar-refractivity contribution in [1.29, 1.82) is 0 Å². The molecule has 6 rings (SSSR count). The zero-order valence-corrected chi connectivity index (χ0v) is 27.1. The third-order valence-corrected chi connectivity index (χ3v) is 9.29. The number of piperazine rings is 1. The smallest absolute Gasteiger partial charge is 0.255 e. The van der Waals surface area contributed by atoms with Gasteiger partial charge in [0.25, 0.3) is 5.91 Å². The number of amides is 1. The van der Waals surface area contributed by atoms with E-state index in [2.05, 4.69) is 28.5 Å². The molecule has 0 spiro atoms. The molecule has 1 amide bonds. The van der Waals surface area contributed by atoms with Gasteiger partial charge in [0.1, 0.15) is 17.5 Å². The van der Waals surface area contributed by atoms with Crippen molar-refractivity contribution in [2.24, 2.45) is 0 Å². The maximum absolute atomic E-state index is 13.7. The van der Waals surface area contributed by atoms with Crippen molar-refractivity contribution < 1.29 is 9.18 Å². The quantitative estimate of drug-likeness (QED) is 0.310. The summed E-state index contributed by atoms with van der Waals surface area (Å²) in [6.07, 6.45) is 9.86. The van der Waals surface area contributed by atoms with Crippen LogP contribution >= 0.6 is 0 Å². The van der Waals surface area contributed by atoms with Gasteiger partial charge in [0.15, 0.2) is 0 Å². The van der Waals surface area contributed by atoms with Crippen molar-refractivity contribution in [1.82, 2.24) is 19.9 Å². The predicted molar refractivity (Wildman–Crippen MR) is 177 cm³/mol. The minimum atomic E-state index is -0.255. The van der Waals surface area contributed by atoms with Crippen LogP contribution in [0.4, 0.5) is 22.0 Å². The van der Waals surface area contributed by atoms with Gasteiger partial charge in [-0.1, -0.05) is 33.1 Å². The SMILES string of the molecule is CC.Cc1cc(C(=O)N(C)C2CCCCC2)cnc1N1CCN(c2cc(-c3ccc(F)cc3)nc(N3CCCC3C)n2)CC1. The van der Waals surface area contributed by atoms with Gasteiger partial charge >= 0.3 is 0 Å². The first-order valence-corrected chi connectivity index (χ1v) is 16.5. The number of nitrogens with zero attached hydrogens (tertiary/aromatic N) is 7. The summed E-state index contributed by atoms with van der Waals surface area (Å²) in [5, 5.41) is 0. The number of pyridine rings is 1. The Kier molecular flexibility index (Phi) is 10.3. The molecule has 44 heavy (non-hydrogen) atoms. The Labute approximate surface area is 262 Å². The number of hydrogen-bond acceptors (Lipinski definition) is 7. The van der Waals surface area contributed by atoms with Crippen molar-refractivity contribution >= 4 is 23.5 Å². The molecule has 1 unspecified atom stereocenters. The molecular weight excluding hydrogens is 553 g/mol. The molecule has 1 aliphatic carbocycles. The molecule has 1 saturated carbocycles. The highest BCUT2D eigenvalue weighted by molar-refractivity contribution is 5.94. The summed E-state index contributed by atoms with van der Waals surface area (Å²) in [7, 11) is 1.94. The standard InChI is InChI=1S/C33H42FN7O.C2H6/c1-23-20-26(32(42)38(3)28-9-5-4-6-10-28)22-35-31(23)40-18-16-39(17-19-40)30-21-29(25-11-13-27(34)14-12-25)36-33(37-30)41-15-7-8-24(41)2;1-2/h11-14,20-22,24,28H,4-10,15-19H2,1-3H3;1-2H3. The van der Waals surface area contributed by atoms with Crippen molar-refractivity contribution in [2.75, 3.05) is 54.5 Å². The number of aromatic nitrogens is 3. The molecule has 0 bridgehead atoms. The van der Waals surface area contributed by atoms with Gasteiger partial charge in [-0.3, -0.25) is 4.79 Å². The molecule has 9 heteroatoms. The molecule has 8 nitrogen and oxygen atoms in total. The second kappa shape index (κ2) is 14.4. The molecule has 0 radical (unpaired) electrons. The third kappa shape index (κ3) is 6.97. The normalized spacial score (nSPS) is 19.0. The molecule has 2 aromatic heterocycles. The summed E-state index contributed by atoms with van der Waals surface area (Å²) < 4.78 is 13.7. The minimum absolute atomic E-state index is 0.0673. The molecule has 2 saturated heterocycles. The second-order valence-electron chi connectivity index (χ2n) is 12.1. The van der Waals surface area contributed by atoms with Gasteiger partial charge in [-0.05, 0) is 75.4 Å². The highest BCUT2D eigenvalue weighted by atomic mass is 19.1. The number of carbonyl (C=O) groups excluding carboxylic acids is 1. The summed E-state index contributed by atoms with van der Waals surface area (Å²) in [6, 6.07) is 11.3. The van der Waals surface area contributed by atoms with E-state index in [0.717, 1.165) is 92.8 Å². The molecule has 236 valence electrons. The number of rotatable bonds is 6. The van der Waals surface area contributed by atoms with E-state index >= 15 is 0 Å². The van der Waals surface area contributed by atoms with Crippen LogP contribution in [0.1, 0.15) is 81.6 Å². The van der Waals surface area contributed by atoms with Gasteiger partial charge in [-0.25, -0.2) is 14.4 Å². The first-order valence-electron chi connectivity index (χ1n) is 16.5. The Balaban J connectivity index is 0.00000188. The molecule has 4 heterocycles. The van der Waals surface area contributed by atoms with E-state index in [9.17, 15) is 9.18 Å². The lowest BCUT2D eigenvalue weighted by atomic mass is 9.94. The van der Waals surface area contributed by atoms with E-state index in [0.29, 0.717) is 17.6 Å². The molecule has 0 N–H and O–H groups in total. The Morgan fingerprint density at radius 1 is 0.886 bits per heavy atom. The average molecular weight is 602 g/mol. The van der Waals surface area contributed by atoms with Gasteiger partial charge in [0.05, 0.1) is 11.3 Å². The van der Waals surface area contributed by atoms with Gasteiger partial charge in [-0.2, -0.15) is 4.98 Å². The van der Waals surface area contributed by atoms with Crippen molar-refractivity contribution in [3.05, 3.63) is 59.5 Å². The number of halogens is 1. The van der Waals surface area contributed by atoms with E-state index in [4.69, 9.17) is 15.0 Å². The van der Waals surface area contributed by atoms with E-state index in [-0.39, 0.29) is 11.7 Å². The van der Waals surface area contributed by atoms with Gasteiger partial charge < -0.3 is 19.6 Å². The highest BCUT2D eigenvalue weighted by Gasteiger charge is 2.27. The number of carbonyl (C=O) groups is 1. The zero-order chi connectivity index (χ0) is 31.2. The summed E-state index contributed by atoms with van der Waals surface area (Å²) in [5.74, 6) is 2.39. The van der Waals surface area contributed by atoms with E-state index in [1.807, 2.05) is 37.9 Å². The van der Waals surface area contributed by atoms with Crippen LogP contribution in [0.15, 0.2) is 42.6 Å². The van der Waals surface area contributed by atoms with Crippen LogP contribution in [0.5, 0.6) is 0 Å². The van der Waals surface area contributed by atoms with Gasteiger partial charge in [0.2, 0.25) is 5.95 Å². The number of anilines is 3. The average Bonchev–Trinajstić information content (AvgIpc) is 3.51. The highest BCUT2D eigenvalue weighted by Crippen LogP contribution is 2.30. The lowest BCUT2D eigenvalue weighted by Crippen LogP contribution is -2.47. The summed E-state index contributed by atoms with van der Waals surface area (Å²) in [6.45, 7) is 12.4. The molecule has 3 aliphatic rings. The topological polar surface area (TPSA) is 68.7 Å². The summed E-state index contributed by atoms with van der Waals surface area (Å²) >= 11 is 0. The van der Waals surface area contributed by atoms with Crippen molar-refractivity contribution in [2.45, 2.75) is 84.7 Å². The minimum Gasteiger partial charge on any atom is -0.353 e. The lowest BCUT2D eigenvalue weighted by molar-refractivity contribution is 0.0695. The van der Waals surface area contributed by atoms with Crippen LogP contribution in [-0.2, 0) is 0 Å². The van der Waals surface area contributed by atoms with Crippen molar-refractivity contribution in [3.63, 3.8) is 0 Å². The number of aryl methyl sites for hydroxylation is 1.